The fourth-order valence-corrected chi connectivity index (χ4v) is 9.51. The number of nitrogens with two attached hydrogens (primary N) is 1. The zero-order chi connectivity index (χ0) is 23.7. The van der Waals surface area contributed by atoms with Crippen molar-refractivity contribution in [1.29, 1.82) is 0 Å². The minimum atomic E-state index is -0.213. The van der Waals surface area contributed by atoms with Gasteiger partial charge in [0.2, 0.25) is 5.91 Å². The minimum Gasteiger partial charge on any atom is -0.353 e. The highest BCUT2D eigenvalue weighted by molar-refractivity contribution is 5.85. The summed E-state index contributed by atoms with van der Waals surface area (Å²) in [6, 6.07) is 22.7. The van der Waals surface area contributed by atoms with E-state index < -0.39 is 0 Å². The van der Waals surface area contributed by atoms with E-state index in [4.69, 9.17) is 5.73 Å². The number of fused-ring (bicyclic) bond motifs is 2. The maximum absolute atomic E-state index is 14.1. The molecule has 3 N–H and O–H groups in total. The first-order chi connectivity index (χ1) is 17.0. The van der Waals surface area contributed by atoms with Crippen LogP contribution in [0.3, 0.4) is 0 Å². The van der Waals surface area contributed by atoms with E-state index in [2.05, 4.69) is 72.1 Å². The molecule has 5 atom stereocenters. The summed E-state index contributed by atoms with van der Waals surface area (Å²) in [5.41, 5.74) is 10.9. The molecule has 0 heterocycles. The van der Waals surface area contributed by atoms with Crippen molar-refractivity contribution < 1.29 is 4.79 Å². The Bertz CT molecular complexity index is 1150. The molecule has 5 unspecified atom stereocenters. The summed E-state index contributed by atoms with van der Waals surface area (Å²) in [5.74, 6) is 1.58. The van der Waals surface area contributed by atoms with Crippen molar-refractivity contribution >= 4 is 5.91 Å². The number of benzene rings is 2. The van der Waals surface area contributed by atoms with Gasteiger partial charge in [-0.15, -0.1) is 0 Å². The number of amides is 1. The van der Waals surface area contributed by atoms with Gasteiger partial charge in [-0.1, -0.05) is 72.3 Å². The molecule has 0 radical (unpaired) electrons. The Labute approximate surface area is 209 Å². The number of rotatable bonds is 5. The number of allylic oxidation sites excluding steroid dienone is 2. The van der Waals surface area contributed by atoms with E-state index in [9.17, 15) is 4.79 Å². The van der Waals surface area contributed by atoms with E-state index >= 15 is 0 Å². The van der Waals surface area contributed by atoms with Crippen LogP contribution in [0.1, 0.15) is 68.9 Å². The highest BCUT2D eigenvalue weighted by Crippen LogP contribution is 2.85. The third-order valence-electron chi connectivity index (χ3n) is 10.9. The molecule has 5 fully saturated rings. The maximum atomic E-state index is 14.1. The third kappa shape index (κ3) is 3.10. The minimum absolute atomic E-state index is 0.169. The molecule has 0 aliphatic heterocycles. The molecule has 3 nitrogen and oxygen atoms in total. The van der Waals surface area contributed by atoms with Crippen molar-refractivity contribution in [3.05, 3.63) is 83.4 Å². The number of carbonyl (C=O) groups is 1. The van der Waals surface area contributed by atoms with E-state index in [0.717, 1.165) is 51.4 Å². The number of hydrogen-bond acceptors (Lipinski definition) is 2. The fraction of sp³-hybridized carbons (Fsp3) is 0.531. The Balaban J connectivity index is 1.23. The SMILES string of the molecule is NC1CCC(NC(=O)C23CC4CC5(C2)C(CC5(c2ccccc2)C3)/C4=C\Cc2ccccc2)CC1. The number of nitrogens with one attached hydrogen (secondary N) is 1. The van der Waals surface area contributed by atoms with Crippen molar-refractivity contribution in [2.75, 3.05) is 0 Å². The van der Waals surface area contributed by atoms with Crippen LogP contribution >= 0.6 is 0 Å². The molecule has 0 aromatic heterocycles. The normalized spacial score (nSPS) is 42.0. The first-order valence-corrected chi connectivity index (χ1v) is 13.9. The zero-order valence-corrected chi connectivity index (χ0v) is 20.7. The molecule has 2 aromatic carbocycles. The topological polar surface area (TPSA) is 55.1 Å². The lowest BCUT2D eigenvalue weighted by Gasteiger charge is -2.59. The van der Waals surface area contributed by atoms with Crippen LogP contribution in [0, 0.1) is 22.7 Å². The van der Waals surface area contributed by atoms with Gasteiger partial charge in [0, 0.05) is 17.5 Å². The molecule has 5 saturated carbocycles. The van der Waals surface area contributed by atoms with Gasteiger partial charge in [0.15, 0.2) is 0 Å². The smallest absolute Gasteiger partial charge is 0.226 e. The van der Waals surface area contributed by atoms with Gasteiger partial charge < -0.3 is 11.1 Å². The van der Waals surface area contributed by atoms with Gasteiger partial charge in [-0.25, -0.2) is 0 Å². The lowest BCUT2D eigenvalue weighted by Crippen LogP contribution is -2.55. The van der Waals surface area contributed by atoms with Crippen LogP contribution in [0.2, 0.25) is 0 Å². The van der Waals surface area contributed by atoms with E-state index in [1.54, 1.807) is 5.57 Å². The molecule has 0 saturated heterocycles. The summed E-state index contributed by atoms with van der Waals surface area (Å²) in [6.07, 6.45) is 13.4. The van der Waals surface area contributed by atoms with Crippen LogP contribution in [0.25, 0.3) is 0 Å². The molecule has 3 heteroatoms. The van der Waals surface area contributed by atoms with Crippen LogP contribution in [0.15, 0.2) is 72.3 Å². The monoisotopic (exact) mass is 466 g/mol. The Morgan fingerprint density at radius 2 is 1.63 bits per heavy atom. The van der Waals surface area contributed by atoms with Crippen molar-refractivity contribution in [3.63, 3.8) is 0 Å². The molecule has 5 aliphatic carbocycles. The average molecular weight is 467 g/mol. The molecule has 7 rings (SSSR count). The van der Waals surface area contributed by atoms with Crippen molar-refractivity contribution in [2.24, 2.45) is 28.4 Å². The molecule has 5 aliphatic rings. The fourth-order valence-electron chi connectivity index (χ4n) is 9.51. The van der Waals surface area contributed by atoms with E-state index in [0.29, 0.717) is 29.8 Å². The van der Waals surface area contributed by atoms with Crippen LogP contribution in [0.5, 0.6) is 0 Å². The second-order valence-electron chi connectivity index (χ2n) is 12.6. The van der Waals surface area contributed by atoms with Crippen LogP contribution < -0.4 is 11.1 Å². The molecular formula is C32H38N2O. The third-order valence-corrected chi connectivity index (χ3v) is 10.9. The Kier molecular flexibility index (Phi) is 4.87. The van der Waals surface area contributed by atoms with Crippen LogP contribution in [0.4, 0.5) is 0 Å². The van der Waals surface area contributed by atoms with Crippen molar-refractivity contribution in [3.8, 4) is 0 Å². The van der Waals surface area contributed by atoms with Crippen molar-refractivity contribution in [2.45, 2.75) is 81.7 Å². The molecular weight excluding hydrogens is 428 g/mol. The van der Waals surface area contributed by atoms with Gasteiger partial charge >= 0.3 is 0 Å². The van der Waals surface area contributed by atoms with Gasteiger partial charge in [0.05, 0.1) is 5.41 Å². The summed E-state index contributed by atoms with van der Waals surface area (Å²) in [5, 5.41) is 3.56. The number of hydrogen-bond donors (Lipinski definition) is 2. The highest BCUT2D eigenvalue weighted by Gasteiger charge is 2.80. The highest BCUT2D eigenvalue weighted by atomic mass is 16.2. The molecule has 1 amide bonds. The second kappa shape index (κ2) is 7.80. The molecule has 3 bridgehead atoms. The Hall–Kier alpha value is -2.39. The first-order valence-electron chi connectivity index (χ1n) is 13.9. The second-order valence-corrected chi connectivity index (χ2v) is 12.6. The van der Waals surface area contributed by atoms with E-state index in [1.165, 1.54) is 24.0 Å². The maximum Gasteiger partial charge on any atom is 0.226 e. The first kappa shape index (κ1) is 21.9. The van der Waals surface area contributed by atoms with E-state index in [-0.39, 0.29) is 16.2 Å². The van der Waals surface area contributed by atoms with Gasteiger partial charge in [-0.05, 0) is 92.6 Å². The predicted octanol–water partition coefficient (Wildman–Crippen LogP) is 5.69. The van der Waals surface area contributed by atoms with Crippen LogP contribution in [-0.4, -0.2) is 18.0 Å². The molecule has 2 aromatic rings. The molecule has 35 heavy (non-hydrogen) atoms. The molecule has 1 spiro atoms. The lowest BCUT2D eigenvalue weighted by atomic mass is 9.44. The number of carbonyl (C=O) groups excluding carboxylic acids is 1. The van der Waals surface area contributed by atoms with Crippen LogP contribution in [-0.2, 0) is 16.6 Å². The average Bonchev–Trinajstić information content (AvgIpc) is 3.16. The summed E-state index contributed by atoms with van der Waals surface area (Å²) in [4.78, 5) is 14.1. The Morgan fingerprint density at radius 1 is 0.914 bits per heavy atom. The summed E-state index contributed by atoms with van der Waals surface area (Å²) in [6.45, 7) is 0. The zero-order valence-electron chi connectivity index (χ0n) is 20.7. The standard InChI is InChI=1S/C32H38N2O/c33-25-12-14-26(15-13-25)34-29(35)30-17-23-18-32(21-30)28(27(23)16-11-22-7-3-1-4-8-22)19-31(32,20-30)24-9-5-2-6-10-24/h1-10,16,23,25-26,28H,11-15,17-21,33H2,(H,34,35)/b27-16-. The van der Waals surface area contributed by atoms with Gasteiger partial charge in [-0.3, -0.25) is 4.79 Å². The van der Waals surface area contributed by atoms with E-state index in [1.807, 2.05) is 0 Å². The lowest BCUT2D eigenvalue weighted by molar-refractivity contribution is -0.134. The summed E-state index contributed by atoms with van der Waals surface area (Å²) >= 11 is 0. The predicted molar refractivity (Wildman–Crippen MR) is 140 cm³/mol. The summed E-state index contributed by atoms with van der Waals surface area (Å²) in [7, 11) is 0. The van der Waals surface area contributed by atoms with Gasteiger partial charge in [0.1, 0.15) is 0 Å². The van der Waals surface area contributed by atoms with Crippen molar-refractivity contribution in [1.82, 2.24) is 5.32 Å². The largest absolute Gasteiger partial charge is 0.353 e. The van der Waals surface area contributed by atoms with Gasteiger partial charge in [0.25, 0.3) is 0 Å². The molecule has 182 valence electrons. The quantitative estimate of drug-likeness (QED) is 0.556. The summed E-state index contributed by atoms with van der Waals surface area (Å²) < 4.78 is 0. The Morgan fingerprint density at radius 3 is 2.37 bits per heavy atom. The van der Waals surface area contributed by atoms with Gasteiger partial charge in [-0.2, -0.15) is 0 Å².